The number of hydrogen-bond acceptors (Lipinski definition) is 17. The highest BCUT2D eigenvalue weighted by molar-refractivity contribution is 7.99. The zero-order valence-electron chi connectivity index (χ0n) is 59.5. The number of benzene rings is 1. The Bertz CT molecular complexity index is 2560. The van der Waals surface area contributed by atoms with Crippen LogP contribution in [-0.2, 0) is 30.5 Å². The first-order valence-electron chi connectivity index (χ1n) is 37.8. The van der Waals surface area contributed by atoms with Gasteiger partial charge in [0.1, 0.15) is 6.04 Å². The summed E-state index contributed by atoms with van der Waals surface area (Å²) >= 11 is 1.79. The Kier molecular flexibility index (Phi) is 50.2. The highest BCUT2D eigenvalue weighted by atomic mass is 32.2. The molecule has 23 nitrogen and oxygen atoms in total. The molecule has 4 amide bonds. The lowest BCUT2D eigenvalue weighted by Crippen LogP contribution is -2.49. The third-order valence-electron chi connectivity index (χ3n) is 17.8. The molecule has 0 spiro atoms. The first-order chi connectivity index (χ1) is 47.2. The largest absolute Gasteiger partial charge is 0.481 e. The number of carboxylic acids is 2. The van der Waals surface area contributed by atoms with Crippen molar-refractivity contribution in [2.45, 2.75) is 282 Å². The quantitative estimate of drug-likeness (QED) is 0.0233. The number of aliphatic carboxylic acids is 2. The van der Waals surface area contributed by atoms with E-state index >= 15 is 0 Å². The van der Waals surface area contributed by atoms with Gasteiger partial charge >= 0.3 is 11.9 Å². The van der Waals surface area contributed by atoms with Gasteiger partial charge in [0, 0.05) is 43.8 Å². The van der Waals surface area contributed by atoms with E-state index in [0.29, 0.717) is 80.7 Å². The summed E-state index contributed by atoms with van der Waals surface area (Å²) in [7, 11) is 0. The van der Waals surface area contributed by atoms with Crippen LogP contribution < -0.4 is 54.4 Å². The molecular formula is C73H130N14O9S. The molecule has 0 saturated carbocycles. The van der Waals surface area contributed by atoms with Gasteiger partial charge < -0.3 is 69.7 Å². The number of aromatic hydroxyl groups is 1. The molecule has 0 radical (unpaired) electrons. The number of hydrogen-bond donors (Lipinski definition) is 13. The smallest absolute Gasteiger partial charge is 0.303 e. The van der Waals surface area contributed by atoms with Crippen molar-refractivity contribution in [3.8, 4) is 6.01 Å². The molecule has 3 atom stereocenters. The van der Waals surface area contributed by atoms with Gasteiger partial charge in [-0.1, -0.05) is 186 Å². The summed E-state index contributed by atoms with van der Waals surface area (Å²) in [6, 6.07) is 4.94. The van der Waals surface area contributed by atoms with Gasteiger partial charge in [-0.25, -0.2) is 0 Å². The number of carbonyl (C=O) groups is 6. The number of nitrogens with two attached hydrogens (primary N) is 3. The number of rotatable bonds is 66. The molecule has 552 valence electrons. The summed E-state index contributed by atoms with van der Waals surface area (Å²) in [5.74, 6) is -0.297. The Morgan fingerprint density at radius 1 is 0.526 bits per heavy atom. The van der Waals surface area contributed by atoms with Crippen LogP contribution in [0.25, 0.3) is 11.2 Å². The predicted octanol–water partition coefficient (Wildman–Crippen LogP) is 11.6. The average molecular weight is 1380 g/mol. The molecule has 24 heteroatoms. The molecule has 3 aromatic rings. The number of carboxylic acid groups (broad SMARTS) is 2. The van der Waals surface area contributed by atoms with E-state index in [0.717, 1.165) is 108 Å². The van der Waals surface area contributed by atoms with Crippen LogP contribution in [0.5, 0.6) is 6.01 Å². The van der Waals surface area contributed by atoms with Gasteiger partial charge in [-0.3, -0.25) is 33.3 Å². The zero-order valence-corrected chi connectivity index (χ0v) is 60.3. The van der Waals surface area contributed by atoms with Gasteiger partial charge in [0.05, 0.1) is 19.1 Å². The van der Waals surface area contributed by atoms with Crippen molar-refractivity contribution in [1.82, 2.24) is 51.4 Å². The number of anilines is 2. The van der Waals surface area contributed by atoms with Crippen molar-refractivity contribution in [1.29, 1.82) is 0 Å². The Hall–Kier alpha value is -5.82. The Morgan fingerprint density at radius 2 is 1.00 bits per heavy atom. The lowest BCUT2D eigenvalue weighted by atomic mass is 9.95. The van der Waals surface area contributed by atoms with Crippen molar-refractivity contribution < 1.29 is 44.1 Å². The van der Waals surface area contributed by atoms with E-state index < -0.39 is 35.8 Å². The van der Waals surface area contributed by atoms with Crippen LogP contribution in [0.2, 0.25) is 0 Å². The number of unbranched alkanes of at least 4 members (excludes halogenated alkanes) is 28. The van der Waals surface area contributed by atoms with Gasteiger partial charge in [-0.2, -0.15) is 26.7 Å². The van der Waals surface area contributed by atoms with E-state index in [1.165, 1.54) is 152 Å². The monoisotopic (exact) mass is 1380 g/mol. The minimum absolute atomic E-state index is 0.141. The molecule has 0 fully saturated rings. The highest BCUT2D eigenvalue weighted by Crippen LogP contribution is 2.27. The molecule has 0 aliphatic heterocycles. The number of fused-ring (bicyclic) bond motifs is 1. The van der Waals surface area contributed by atoms with Crippen molar-refractivity contribution in [2.24, 2.45) is 17.4 Å². The fourth-order valence-electron chi connectivity index (χ4n) is 11.9. The fourth-order valence-corrected chi connectivity index (χ4v) is 13.1. The fraction of sp³-hybridized carbons (Fsp3) is 0.767. The first kappa shape index (κ1) is 85.4. The van der Waals surface area contributed by atoms with Crippen LogP contribution in [-0.4, -0.2) is 153 Å². The standard InChI is InChI=1S/C73H130N14O9S/c1-2-3-51-81-72-85-67(76)66-68(86-72)87(73(96)84-66)55-58-42-44-60(45-43-58)69(93)82-54-63(88)83-62(71(95)80-53-36-50-78-48-34-33-47-77-49-35-46-74)39-31-32-52-79-70(94)61(75)57-97-56-59(38-28-24-20-16-12-8-6-10-14-18-22-26-30-41-65(91)92)37-27-23-19-15-11-7-4-5-9-13-17-21-25-29-40-64(89)90/h42-45,59,61-62,77-78H,2-41,46-57,74-75H2,1H3,(H,79,94)(H,80,95)(H,82,93)(H,83,88)(H,84,96)(H,89,90)(H,91,92)(H3,76,81,85,86)/t59?,61-,62-/m0/s1. The number of imidazole rings is 1. The third-order valence-corrected chi connectivity index (χ3v) is 19.1. The maximum atomic E-state index is 13.6. The second-order valence-electron chi connectivity index (χ2n) is 26.6. The summed E-state index contributed by atoms with van der Waals surface area (Å²) in [6.45, 7) is 7.53. The molecule has 97 heavy (non-hydrogen) atoms. The number of nitrogens with one attached hydrogen (secondary N) is 7. The van der Waals surface area contributed by atoms with Crippen LogP contribution in [0.15, 0.2) is 24.3 Å². The minimum Gasteiger partial charge on any atom is -0.481 e. The van der Waals surface area contributed by atoms with E-state index in [4.69, 9.17) is 27.4 Å². The molecule has 16 N–H and O–H groups in total. The second kappa shape index (κ2) is 57.0. The van der Waals surface area contributed by atoms with Crippen LogP contribution in [0, 0.1) is 5.92 Å². The lowest BCUT2D eigenvalue weighted by molar-refractivity contribution is -0.138. The number of nitrogens with zero attached hydrogens (tertiary/aromatic N) is 4. The maximum Gasteiger partial charge on any atom is 0.303 e. The van der Waals surface area contributed by atoms with Crippen LogP contribution >= 0.6 is 11.8 Å². The van der Waals surface area contributed by atoms with Gasteiger partial charge in [-0.05, 0) is 139 Å². The number of thioether (sulfide) groups is 1. The molecule has 2 aromatic heterocycles. The van der Waals surface area contributed by atoms with Gasteiger partial charge in [-0.15, -0.1) is 0 Å². The number of nitrogen functional groups attached to an aromatic ring is 1. The van der Waals surface area contributed by atoms with Crippen molar-refractivity contribution in [3.05, 3.63) is 35.4 Å². The second-order valence-corrected chi connectivity index (χ2v) is 27.7. The molecule has 0 saturated heterocycles. The normalized spacial score (nSPS) is 12.4. The molecule has 3 rings (SSSR count). The number of carbonyl (C=O) groups excluding carboxylic acids is 4. The van der Waals surface area contributed by atoms with Crippen molar-refractivity contribution >= 4 is 70.3 Å². The van der Waals surface area contributed by atoms with Gasteiger partial charge in [0.15, 0.2) is 17.0 Å². The van der Waals surface area contributed by atoms with Crippen molar-refractivity contribution in [2.75, 3.05) is 81.5 Å². The van der Waals surface area contributed by atoms with E-state index in [-0.39, 0.29) is 55.1 Å². The summed E-state index contributed by atoms with van der Waals surface area (Å²) in [5.41, 5.74) is 19.9. The Morgan fingerprint density at radius 3 is 1.53 bits per heavy atom. The minimum atomic E-state index is -0.862. The van der Waals surface area contributed by atoms with E-state index in [2.05, 4.69) is 59.1 Å². The van der Waals surface area contributed by atoms with Gasteiger partial charge in [0.2, 0.25) is 23.7 Å². The SMILES string of the molecule is CCCCNc1nc(N)c2nc(O)n(Cc3ccc(C(=O)NCC(=O)N[C@@H](CCCCNC(=O)[C@@H](N)CSCC(CCCCCCCCCCCCCCCCC(=O)O)CCCCCCCCCCCCCCCC(=O)O)C(=O)NCCCNCCCCNCCCN)cc3)c2n1. The lowest BCUT2D eigenvalue weighted by Gasteiger charge is -2.19. The summed E-state index contributed by atoms with van der Waals surface area (Å²) in [5, 5.41) is 49.9. The average Bonchev–Trinajstić information content (AvgIpc) is 1.65. The van der Waals surface area contributed by atoms with Gasteiger partial charge in [0.25, 0.3) is 11.9 Å². The third kappa shape index (κ3) is 43.4. The molecule has 1 aromatic carbocycles. The van der Waals surface area contributed by atoms with Crippen LogP contribution in [0.4, 0.5) is 11.8 Å². The molecule has 0 aliphatic rings. The zero-order chi connectivity index (χ0) is 70.2. The first-order valence-corrected chi connectivity index (χ1v) is 38.9. The molecule has 2 heterocycles. The topological polar surface area (TPSA) is 369 Å². The van der Waals surface area contributed by atoms with E-state index in [1.807, 2.05) is 0 Å². The summed E-state index contributed by atoms with van der Waals surface area (Å²) in [4.78, 5) is 88.1. The maximum absolute atomic E-state index is 13.6. The molecule has 1 unspecified atom stereocenters. The molecule has 0 bridgehead atoms. The van der Waals surface area contributed by atoms with E-state index in [9.17, 15) is 33.9 Å². The number of aromatic nitrogens is 4. The van der Waals surface area contributed by atoms with Crippen molar-refractivity contribution in [3.63, 3.8) is 0 Å². The predicted molar refractivity (Wildman–Crippen MR) is 395 cm³/mol. The molecular weight excluding hydrogens is 1250 g/mol. The summed E-state index contributed by atoms with van der Waals surface area (Å²) < 4.78 is 1.52. The van der Waals surface area contributed by atoms with Crippen LogP contribution in [0.3, 0.4) is 0 Å². The highest BCUT2D eigenvalue weighted by Gasteiger charge is 2.23. The molecule has 0 aliphatic carbocycles. The summed E-state index contributed by atoms with van der Waals surface area (Å²) in [6.07, 6.45) is 42.6. The van der Waals surface area contributed by atoms with E-state index in [1.54, 1.807) is 36.0 Å². The number of amides is 4. The Labute approximate surface area is 585 Å². The van der Waals surface area contributed by atoms with Crippen LogP contribution in [0.1, 0.15) is 280 Å². The Balaban J connectivity index is 1.45.